The van der Waals surface area contributed by atoms with Gasteiger partial charge in [0.15, 0.2) is 0 Å². The highest BCUT2D eigenvalue weighted by Crippen LogP contribution is 2.33. The van der Waals surface area contributed by atoms with Gasteiger partial charge in [-0.1, -0.05) is 26.8 Å². The van der Waals surface area contributed by atoms with Gasteiger partial charge in [0.2, 0.25) is 0 Å². The first-order valence-corrected chi connectivity index (χ1v) is 11.0. The molecule has 1 amide bonds. The molecule has 0 aliphatic rings. The summed E-state index contributed by atoms with van der Waals surface area (Å²) < 4.78 is 11.1. The number of carbonyl (C=O) groups is 1. The minimum Gasteiger partial charge on any atom is -0.508 e. The van der Waals surface area contributed by atoms with Crippen molar-refractivity contribution in [1.82, 2.24) is 10.1 Å². The van der Waals surface area contributed by atoms with E-state index in [2.05, 4.69) is 15.5 Å². The Kier molecular flexibility index (Phi) is 5.28. The zero-order valence-electron chi connectivity index (χ0n) is 19.4. The lowest BCUT2D eigenvalue weighted by Crippen LogP contribution is -2.12. The number of fused-ring (bicyclic) bond motifs is 2. The third-order valence-electron chi connectivity index (χ3n) is 5.54. The molecule has 0 atom stereocenters. The van der Waals surface area contributed by atoms with Crippen LogP contribution in [0.4, 0.5) is 5.69 Å². The number of ether oxygens (including phenoxy) is 1. The number of benzene rings is 3. The highest BCUT2D eigenvalue weighted by atomic mass is 16.5. The Bertz CT molecular complexity index is 1570. The number of carbonyl (C=O) groups excluding carboxylic acids is 1. The molecular weight excluding hydrogens is 446 g/mol. The summed E-state index contributed by atoms with van der Waals surface area (Å²) in [4.78, 5) is 17.6. The minimum atomic E-state index is -0.324. The molecule has 0 saturated carbocycles. The molecule has 3 aromatic carbocycles. The van der Waals surface area contributed by atoms with E-state index < -0.39 is 0 Å². The van der Waals surface area contributed by atoms with E-state index in [1.807, 2.05) is 20.8 Å². The second-order valence-electron chi connectivity index (χ2n) is 9.25. The van der Waals surface area contributed by atoms with Gasteiger partial charge in [0.25, 0.3) is 11.8 Å². The quantitative estimate of drug-likeness (QED) is 0.271. The molecule has 5 rings (SSSR count). The van der Waals surface area contributed by atoms with Crippen molar-refractivity contribution in [3.63, 3.8) is 0 Å². The maximum absolute atomic E-state index is 13.1. The number of nitrogens with one attached hydrogen (secondary N) is 1. The molecule has 5 aromatic rings. The fourth-order valence-corrected chi connectivity index (χ4v) is 3.71. The van der Waals surface area contributed by atoms with E-state index in [1.54, 1.807) is 54.6 Å². The van der Waals surface area contributed by atoms with Crippen LogP contribution in [0.3, 0.4) is 0 Å². The van der Waals surface area contributed by atoms with Crippen LogP contribution in [0.2, 0.25) is 0 Å². The maximum Gasteiger partial charge on any atom is 0.259 e. The lowest BCUT2D eigenvalue weighted by Gasteiger charge is -2.12. The molecule has 0 unspecified atom stereocenters. The van der Waals surface area contributed by atoms with Gasteiger partial charge in [-0.2, -0.15) is 0 Å². The fourth-order valence-electron chi connectivity index (χ4n) is 3.71. The molecule has 8 heteroatoms. The lowest BCUT2D eigenvalue weighted by atomic mass is 9.94. The number of hydrogen-bond acceptors (Lipinski definition) is 7. The molecule has 2 aromatic heterocycles. The number of phenols is 2. The normalized spacial score (nSPS) is 11.6. The first-order valence-electron chi connectivity index (χ1n) is 11.0. The second-order valence-corrected chi connectivity index (χ2v) is 9.25. The first kappa shape index (κ1) is 22.2. The number of phenolic OH excluding ortho intramolecular Hbond substituents is 2. The van der Waals surface area contributed by atoms with Gasteiger partial charge < -0.3 is 24.8 Å². The van der Waals surface area contributed by atoms with Crippen molar-refractivity contribution in [1.29, 1.82) is 0 Å². The summed E-state index contributed by atoms with van der Waals surface area (Å²) in [5.41, 5.74) is 1.82. The third kappa shape index (κ3) is 4.46. The molecule has 0 radical (unpaired) electrons. The van der Waals surface area contributed by atoms with Crippen LogP contribution >= 0.6 is 0 Å². The molecule has 0 bridgehead atoms. The Labute approximate surface area is 200 Å². The van der Waals surface area contributed by atoms with Crippen molar-refractivity contribution in [2.45, 2.75) is 26.2 Å². The number of amides is 1. The second kappa shape index (κ2) is 8.32. The fraction of sp³-hybridized carbons (Fsp3) is 0.148. The Hall–Kier alpha value is -4.59. The molecule has 0 aliphatic heterocycles. The Morgan fingerprint density at radius 1 is 0.943 bits per heavy atom. The van der Waals surface area contributed by atoms with E-state index in [0.717, 1.165) is 5.76 Å². The Morgan fingerprint density at radius 3 is 2.43 bits per heavy atom. The number of rotatable bonds is 4. The first-order chi connectivity index (χ1) is 16.7. The highest BCUT2D eigenvalue weighted by Gasteiger charge is 2.20. The minimum absolute atomic E-state index is 0.0821. The number of pyridine rings is 1. The van der Waals surface area contributed by atoms with E-state index >= 15 is 0 Å². The van der Waals surface area contributed by atoms with Crippen LogP contribution in [0.25, 0.3) is 21.8 Å². The van der Waals surface area contributed by atoms with Gasteiger partial charge in [0.05, 0.1) is 11.0 Å². The van der Waals surface area contributed by atoms with Crippen LogP contribution in [-0.4, -0.2) is 26.3 Å². The molecule has 3 N–H and O–H groups in total. The molecule has 0 fully saturated rings. The number of nitrogens with zero attached hydrogens (tertiary/aromatic N) is 2. The molecule has 0 aliphatic carbocycles. The number of hydrogen-bond donors (Lipinski definition) is 3. The van der Waals surface area contributed by atoms with Gasteiger partial charge in [0, 0.05) is 45.6 Å². The maximum atomic E-state index is 13.1. The summed E-state index contributed by atoms with van der Waals surface area (Å²) in [7, 11) is 0. The van der Waals surface area contributed by atoms with Crippen LogP contribution in [-0.2, 0) is 5.41 Å². The molecule has 176 valence electrons. The number of anilines is 1. The molecular formula is C27H23N3O5. The zero-order chi connectivity index (χ0) is 24.7. The van der Waals surface area contributed by atoms with E-state index in [4.69, 9.17) is 9.26 Å². The molecule has 2 heterocycles. The SMILES string of the molecule is CC(C)(C)c1cc(Oc2ccc(NC(=O)c3cccc4nc5cc(O)cc(O)c5cc34)cc2)no1. The van der Waals surface area contributed by atoms with Crippen LogP contribution < -0.4 is 10.1 Å². The van der Waals surface area contributed by atoms with E-state index in [-0.39, 0.29) is 22.8 Å². The monoisotopic (exact) mass is 469 g/mol. The summed E-state index contributed by atoms with van der Waals surface area (Å²) in [6, 6.07) is 18.3. The molecule has 35 heavy (non-hydrogen) atoms. The van der Waals surface area contributed by atoms with Crippen molar-refractivity contribution in [3.8, 4) is 23.1 Å². The Balaban J connectivity index is 1.37. The van der Waals surface area contributed by atoms with Crippen LogP contribution in [0.15, 0.2) is 71.3 Å². The van der Waals surface area contributed by atoms with Gasteiger partial charge in [-0.15, -0.1) is 0 Å². The summed E-state index contributed by atoms with van der Waals surface area (Å²) in [5.74, 6) is 1.12. The summed E-state index contributed by atoms with van der Waals surface area (Å²) in [5, 5.41) is 27.8. The number of aromatic nitrogens is 2. The summed E-state index contributed by atoms with van der Waals surface area (Å²) in [6.45, 7) is 6.07. The zero-order valence-corrected chi connectivity index (χ0v) is 19.4. The van der Waals surface area contributed by atoms with Crippen LogP contribution in [0.1, 0.15) is 36.9 Å². The standard InChI is InChI=1S/C27H23N3O5/c1-27(2,3)24-14-25(30-35-24)34-17-9-7-15(8-10-17)28-26(33)18-5-4-6-21-19(18)13-20-22(29-21)11-16(31)12-23(20)32/h4-14,31-32H,1-3H3,(H,28,33). The third-order valence-corrected chi connectivity index (χ3v) is 5.54. The Morgan fingerprint density at radius 2 is 1.71 bits per heavy atom. The van der Waals surface area contributed by atoms with Crippen molar-refractivity contribution in [2.24, 2.45) is 0 Å². The average Bonchev–Trinajstić information content (AvgIpc) is 3.28. The van der Waals surface area contributed by atoms with Gasteiger partial charge in [-0.05, 0) is 47.6 Å². The largest absolute Gasteiger partial charge is 0.508 e. The van der Waals surface area contributed by atoms with Crippen molar-refractivity contribution >= 4 is 33.4 Å². The molecule has 8 nitrogen and oxygen atoms in total. The summed E-state index contributed by atoms with van der Waals surface area (Å²) in [6.07, 6.45) is 0. The van der Waals surface area contributed by atoms with Crippen molar-refractivity contribution in [3.05, 3.63) is 78.1 Å². The van der Waals surface area contributed by atoms with Gasteiger partial charge in [-0.25, -0.2) is 4.98 Å². The topological polar surface area (TPSA) is 118 Å². The van der Waals surface area contributed by atoms with E-state index in [0.29, 0.717) is 44.7 Å². The number of aromatic hydroxyl groups is 2. The lowest BCUT2D eigenvalue weighted by molar-refractivity contribution is 0.102. The predicted octanol–water partition coefficient (Wildman–Crippen LogP) is 6.13. The van der Waals surface area contributed by atoms with Gasteiger partial charge >= 0.3 is 0 Å². The molecule has 0 saturated heterocycles. The smallest absolute Gasteiger partial charge is 0.259 e. The van der Waals surface area contributed by atoms with Crippen molar-refractivity contribution in [2.75, 3.05) is 5.32 Å². The van der Waals surface area contributed by atoms with Gasteiger partial charge in [-0.3, -0.25) is 4.79 Å². The molecule has 0 spiro atoms. The van der Waals surface area contributed by atoms with Gasteiger partial charge in [0.1, 0.15) is 23.0 Å². The average molecular weight is 469 g/mol. The van der Waals surface area contributed by atoms with Crippen LogP contribution in [0.5, 0.6) is 23.1 Å². The van der Waals surface area contributed by atoms with E-state index in [9.17, 15) is 15.0 Å². The highest BCUT2D eigenvalue weighted by molar-refractivity contribution is 6.14. The predicted molar refractivity (Wildman–Crippen MR) is 132 cm³/mol. The summed E-state index contributed by atoms with van der Waals surface area (Å²) >= 11 is 0. The van der Waals surface area contributed by atoms with E-state index in [1.165, 1.54) is 12.1 Å². The van der Waals surface area contributed by atoms with Crippen molar-refractivity contribution < 1.29 is 24.3 Å². The van der Waals surface area contributed by atoms with Crippen LogP contribution in [0, 0.1) is 0 Å².